The van der Waals surface area contributed by atoms with E-state index in [1.54, 1.807) is 31.2 Å². The second kappa shape index (κ2) is 8.50. The smallest absolute Gasteiger partial charge is 0.248 e. The molecule has 0 aliphatic rings. The van der Waals surface area contributed by atoms with Crippen molar-refractivity contribution < 1.29 is 13.2 Å². The highest BCUT2D eigenvalue weighted by atomic mass is 35.5. The molecule has 0 saturated carbocycles. The van der Waals surface area contributed by atoms with Crippen molar-refractivity contribution in [2.75, 3.05) is 15.9 Å². The Labute approximate surface area is 170 Å². The number of nitrogens with one attached hydrogen (secondary N) is 1. The van der Waals surface area contributed by atoms with E-state index in [0.717, 1.165) is 17.4 Å². The van der Waals surface area contributed by atoms with Gasteiger partial charge in [0.1, 0.15) is 6.04 Å². The Balaban J connectivity index is 2.42. The molecule has 0 spiro atoms. The van der Waals surface area contributed by atoms with Crippen LogP contribution in [0, 0.1) is 13.8 Å². The summed E-state index contributed by atoms with van der Waals surface area (Å²) in [5.41, 5.74) is 2.74. The number of nitrogens with zero attached hydrogens (tertiary/aromatic N) is 1. The van der Waals surface area contributed by atoms with Crippen LogP contribution in [0.2, 0.25) is 10.0 Å². The van der Waals surface area contributed by atoms with Gasteiger partial charge in [-0.2, -0.15) is 0 Å². The van der Waals surface area contributed by atoms with Crippen molar-refractivity contribution in [3.8, 4) is 0 Å². The molecule has 1 atom stereocenters. The summed E-state index contributed by atoms with van der Waals surface area (Å²) in [7, 11) is -3.69. The van der Waals surface area contributed by atoms with Gasteiger partial charge in [0.25, 0.3) is 0 Å². The topological polar surface area (TPSA) is 66.5 Å². The first-order chi connectivity index (χ1) is 12.5. The van der Waals surface area contributed by atoms with Crippen molar-refractivity contribution in [3.05, 3.63) is 57.6 Å². The summed E-state index contributed by atoms with van der Waals surface area (Å²) in [5, 5.41) is 3.40. The number of benzene rings is 2. The molecule has 1 amide bonds. The maximum atomic E-state index is 12.9. The second-order valence-corrected chi connectivity index (χ2v) is 9.12. The molecule has 146 valence electrons. The summed E-state index contributed by atoms with van der Waals surface area (Å²) in [6.45, 7) is 5.53. The lowest BCUT2D eigenvalue weighted by Gasteiger charge is -2.30. The molecule has 0 heterocycles. The maximum Gasteiger partial charge on any atom is 0.248 e. The zero-order valence-corrected chi connectivity index (χ0v) is 17.9. The van der Waals surface area contributed by atoms with Gasteiger partial charge in [0, 0.05) is 5.69 Å². The molecule has 2 rings (SSSR count). The van der Waals surface area contributed by atoms with Gasteiger partial charge in [-0.3, -0.25) is 9.10 Å². The van der Waals surface area contributed by atoms with Gasteiger partial charge >= 0.3 is 0 Å². The zero-order valence-electron chi connectivity index (χ0n) is 15.6. The van der Waals surface area contributed by atoms with E-state index < -0.39 is 22.0 Å². The number of aryl methyl sites for hydroxylation is 2. The maximum absolute atomic E-state index is 12.9. The number of anilines is 2. The molecule has 0 aromatic heterocycles. The van der Waals surface area contributed by atoms with Crippen molar-refractivity contribution in [1.29, 1.82) is 0 Å². The third-order valence-corrected chi connectivity index (χ3v) is 5.90. The van der Waals surface area contributed by atoms with Crippen LogP contribution in [0.5, 0.6) is 0 Å². The van der Waals surface area contributed by atoms with E-state index in [1.165, 1.54) is 10.4 Å². The molecule has 0 radical (unpaired) electrons. The zero-order chi connectivity index (χ0) is 20.4. The molecule has 0 aliphatic heterocycles. The molecule has 0 fully saturated rings. The molecule has 5 nitrogen and oxygen atoms in total. The fourth-order valence-corrected chi connectivity index (χ4v) is 4.43. The van der Waals surface area contributed by atoms with Gasteiger partial charge < -0.3 is 5.32 Å². The average molecular weight is 429 g/mol. The van der Waals surface area contributed by atoms with Crippen LogP contribution < -0.4 is 9.62 Å². The number of carbonyl (C=O) groups excluding carboxylic acids is 1. The fourth-order valence-electron chi connectivity index (χ4n) is 2.94. The first kappa shape index (κ1) is 21.5. The van der Waals surface area contributed by atoms with E-state index in [2.05, 4.69) is 5.32 Å². The Morgan fingerprint density at radius 1 is 1.07 bits per heavy atom. The van der Waals surface area contributed by atoms with Crippen molar-refractivity contribution in [1.82, 2.24) is 0 Å². The molecular weight excluding hydrogens is 407 g/mol. The highest BCUT2D eigenvalue weighted by Crippen LogP contribution is 2.28. The van der Waals surface area contributed by atoms with Gasteiger partial charge in [-0.15, -0.1) is 0 Å². The van der Waals surface area contributed by atoms with Crippen LogP contribution in [0.4, 0.5) is 11.4 Å². The Bertz CT molecular complexity index is 941. The van der Waals surface area contributed by atoms with Crippen molar-refractivity contribution in [2.45, 2.75) is 33.2 Å². The van der Waals surface area contributed by atoms with Crippen LogP contribution in [0.1, 0.15) is 24.5 Å². The highest BCUT2D eigenvalue weighted by Gasteiger charge is 2.31. The van der Waals surface area contributed by atoms with Crippen LogP contribution in [-0.2, 0) is 14.8 Å². The third-order valence-electron chi connectivity index (χ3n) is 3.98. The molecule has 27 heavy (non-hydrogen) atoms. The summed E-state index contributed by atoms with van der Waals surface area (Å²) in [6.07, 6.45) is 1.40. The van der Waals surface area contributed by atoms with E-state index >= 15 is 0 Å². The fraction of sp³-hybridized carbons (Fsp3) is 0.316. The van der Waals surface area contributed by atoms with Crippen LogP contribution in [0.25, 0.3) is 0 Å². The first-order valence-electron chi connectivity index (χ1n) is 8.36. The number of rotatable bonds is 6. The van der Waals surface area contributed by atoms with Crippen molar-refractivity contribution >= 4 is 50.5 Å². The molecule has 0 saturated heterocycles. The molecule has 0 bridgehead atoms. The summed E-state index contributed by atoms with van der Waals surface area (Å²) in [4.78, 5) is 12.9. The van der Waals surface area contributed by atoms with E-state index in [4.69, 9.17) is 23.2 Å². The Morgan fingerprint density at radius 3 is 2.15 bits per heavy atom. The average Bonchev–Trinajstić information content (AvgIpc) is 2.53. The molecule has 0 aliphatic carbocycles. The van der Waals surface area contributed by atoms with Gasteiger partial charge in [0.2, 0.25) is 15.9 Å². The Hall–Kier alpha value is -1.76. The number of amides is 1. The van der Waals surface area contributed by atoms with Crippen LogP contribution in [0.3, 0.4) is 0 Å². The number of halogens is 2. The van der Waals surface area contributed by atoms with E-state index in [1.807, 2.05) is 19.9 Å². The van der Waals surface area contributed by atoms with Gasteiger partial charge in [0.15, 0.2) is 0 Å². The number of hydrogen-bond donors (Lipinski definition) is 1. The Morgan fingerprint density at radius 2 is 1.67 bits per heavy atom. The van der Waals surface area contributed by atoms with E-state index in [9.17, 15) is 13.2 Å². The largest absolute Gasteiger partial charge is 0.324 e. The van der Waals surface area contributed by atoms with Gasteiger partial charge in [-0.05, 0) is 61.7 Å². The lowest BCUT2D eigenvalue weighted by Crippen LogP contribution is -2.47. The van der Waals surface area contributed by atoms with E-state index in [0.29, 0.717) is 27.8 Å². The summed E-state index contributed by atoms with van der Waals surface area (Å²) in [5.74, 6) is -0.444. The normalized spacial score (nSPS) is 12.5. The SMILES string of the molecule is CC[C@@H](C(=O)Nc1ccc(Cl)c(Cl)c1)N(c1cc(C)cc(C)c1)S(C)(=O)=O. The third kappa shape index (κ3) is 5.37. The summed E-state index contributed by atoms with van der Waals surface area (Å²) >= 11 is 11.9. The minimum Gasteiger partial charge on any atom is -0.324 e. The van der Waals surface area contributed by atoms with Crippen LogP contribution in [-0.4, -0.2) is 26.6 Å². The van der Waals surface area contributed by atoms with Gasteiger partial charge in [-0.25, -0.2) is 8.42 Å². The monoisotopic (exact) mass is 428 g/mol. The molecular formula is C19H22Cl2N2O3S. The molecule has 0 unspecified atom stereocenters. The molecule has 8 heteroatoms. The van der Waals surface area contributed by atoms with Gasteiger partial charge in [0.05, 0.1) is 22.0 Å². The van der Waals surface area contributed by atoms with Crippen molar-refractivity contribution in [2.24, 2.45) is 0 Å². The minimum atomic E-state index is -3.69. The number of carbonyl (C=O) groups is 1. The number of sulfonamides is 1. The van der Waals surface area contributed by atoms with Gasteiger partial charge in [-0.1, -0.05) is 36.2 Å². The quantitative estimate of drug-likeness (QED) is 0.718. The Kier molecular flexibility index (Phi) is 6.78. The van der Waals surface area contributed by atoms with Crippen LogP contribution in [0.15, 0.2) is 36.4 Å². The van der Waals surface area contributed by atoms with E-state index in [-0.39, 0.29) is 0 Å². The van der Waals surface area contributed by atoms with Crippen molar-refractivity contribution in [3.63, 3.8) is 0 Å². The predicted octanol–water partition coefficient (Wildman–Crippen LogP) is 4.79. The standard InChI is InChI=1S/C19H22Cl2N2O3S/c1-5-18(19(24)22-14-6-7-16(20)17(21)11-14)23(27(4,25)26)15-9-12(2)8-13(3)10-15/h6-11,18H,5H2,1-4H3,(H,22,24)/t18-/m0/s1. The lowest BCUT2D eigenvalue weighted by atomic mass is 10.1. The summed E-state index contributed by atoms with van der Waals surface area (Å²) in [6, 6.07) is 9.25. The van der Waals surface area contributed by atoms with Crippen LogP contribution >= 0.6 is 23.2 Å². The minimum absolute atomic E-state index is 0.299. The predicted molar refractivity (Wildman–Crippen MR) is 112 cm³/mol. The lowest BCUT2D eigenvalue weighted by molar-refractivity contribution is -0.117. The number of hydrogen-bond acceptors (Lipinski definition) is 3. The summed E-state index contributed by atoms with van der Waals surface area (Å²) < 4.78 is 26.2. The molecule has 2 aromatic carbocycles. The first-order valence-corrected chi connectivity index (χ1v) is 11.0. The second-order valence-electron chi connectivity index (χ2n) is 6.45. The molecule has 2 aromatic rings. The highest BCUT2D eigenvalue weighted by molar-refractivity contribution is 7.92. The molecule has 1 N–H and O–H groups in total.